The Kier molecular flexibility index (Phi) is 6.83. The van der Waals surface area contributed by atoms with Gasteiger partial charge in [-0.25, -0.2) is 4.57 Å². The molecule has 2 unspecified atom stereocenters. The first-order valence-electron chi connectivity index (χ1n) is 5.11. The van der Waals surface area contributed by atoms with Crippen molar-refractivity contribution in [1.82, 2.24) is 0 Å². The number of hydrogen-bond donors (Lipinski definition) is 2. The van der Waals surface area contributed by atoms with Crippen LogP contribution in [-0.4, -0.2) is 40.3 Å². The summed E-state index contributed by atoms with van der Waals surface area (Å²) in [6, 6.07) is 3.15. The van der Waals surface area contributed by atoms with Crippen LogP contribution in [0.5, 0.6) is 0 Å². The fraction of sp³-hybridized carbons (Fsp3) is 0.273. The standard InChI is InChI=1S/C7H7NO2.C4H6O6/c1-8-4-2-3-6(5-8)7(9)10;5-1(3(7)8)2(6)4(9)10/h2-5H,1H3;1-2,5-6H,(H,7,8)(H,9,10)/p-2. The van der Waals surface area contributed by atoms with Crippen molar-refractivity contribution in [3.63, 3.8) is 0 Å². The van der Waals surface area contributed by atoms with Crippen LogP contribution in [0.25, 0.3) is 0 Å². The molecule has 1 aromatic heterocycles. The molecule has 0 spiro atoms. The molecule has 1 aromatic rings. The average Bonchev–Trinajstić information content (AvgIpc) is 2.37. The van der Waals surface area contributed by atoms with Crippen molar-refractivity contribution in [3.05, 3.63) is 30.1 Å². The van der Waals surface area contributed by atoms with Crippen molar-refractivity contribution in [2.45, 2.75) is 12.2 Å². The zero-order valence-corrected chi connectivity index (χ0v) is 10.3. The van der Waals surface area contributed by atoms with Crippen LogP contribution in [0.1, 0.15) is 10.4 Å². The number of carboxylic acids is 3. The number of carboxylic acid groups (broad SMARTS) is 3. The van der Waals surface area contributed by atoms with E-state index in [0.29, 0.717) is 0 Å². The van der Waals surface area contributed by atoms with Crippen molar-refractivity contribution in [3.8, 4) is 0 Å². The summed E-state index contributed by atoms with van der Waals surface area (Å²) in [4.78, 5) is 29.5. The monoisotopic (exact) mass is 285 g/mol. The Morgan fingerprint density at radius 2 is 1.55 bits per heavy atom. The van der Waals surface area contributed by atoms with Crippen LogP contribution in [0.15, 0.2) is 24.5 Å². The van der Waals surface area contributed by atoms with E-state index in [2.05, 4.69) is 0 Å². The minimum absolute atomic E-state index is 0.199. The molecule has 9 heteroatoms. The number of hydrogen-bond acceptors (Lipinski definition) is 8. The molecular formula is C11H11NO8-2. The molecule has 0 aliphatic rings. The number of carbonyl (C=O) groups excluding carboxylic acids is 3. The van der Waals surface area contributed by atoms with Gasteiger partial charge in [-0.15, -0.1) is 0 Å². The first kappa shape index (κ1) is 17.5. The maximum Gasteiger partial charge on any atom is 0.177 e. The summed E-state index contributed by atoms with van der Waals surface area (Å²) in [6.45, 7) is 0. The van der Waals surface area contributed by atoms with Crippen LogP contribution >= 0.6 is 0 Å². The van der Waals surface area contributed by atoms with E-state index in [-0.39, 0.29) is 5.56 Å². The molecule has 20 heavy (non-hydrogen) atoms. The van der Waals surface area contributed by atoms with Crippen molar-refractivity contribution in [1.29, 1.82) is 0 Å². The Bertz CT molecular complexity index is 483. The zero-order valence-electron chi connectivity index (χ0n) is 10.3. The number of pyridine rings is 1. The van der Waals surface area contributed by atoms with Crippen LogP contribution < -0.4 is 19.9 Å². The maximum atomic E-state index is 10.2. The van der Waals surface area contributed by atoms with Gasteiger partial charge in [-0.2, -0.15) is 0 Å². The van der Waals surface area contributed by atoms with Gasteiger partial charge in [0.2, 0.25) is 0 Å². The molecule has 110 valence electrons. The van der Waals surface area contributed by atoms with Gasteiger partial charge in [-0.1, -0.05) is 0 Å². The SMILES string of the molecule is C[n+]1cccc(C(=O)[O-])c1.O=C([O-])C(O)C(O)C(=O)[O-]. The van der Waals surface area contributed by atoms with Gasteiger partial charge in [-0.05, 0) is 6.07 Å². The van der Waals surface area contributed by atoms with Crippen molar-refractivity contribution in [2.24, 2.45) is 7.05 Å². The van der Waals surface area contributed by atoms with E-state index in [1.807, 2.05) is 0 Å². The molecule has 0 radical (unpaired) electrons. The zero-order chi connectivity index (χ0) is 15.9. The third kappa shape index (κ3) is 5.89. The predicted octanol–water partition coefficient (Wildman–Crippen LogP) is -5.92. The highest BCUT2D eigenvalue weighted by molar-refractivity contribution is 5.84. The highest BCUT2D eigenvalue weighted by Gasteiger charge is 2.17. The molecule has 1 heterocycles. The Labute approximate surface area is 113 Å². The molecule has 2 N–H and O–H groups in total. The molecule has 0 aliphatic heterocycles. The number of nitrogens with zero attached hydrogens (tertiary/aromatic N) is 1. The summed E-state index contributed by atoms with van der Waals surface area (Å²) in [5, 5.41) is 46.0. The molecule has 1 rings (SSSR count). The fourth-order valence-electron chi connectivity index (χ4n) is 0.966. The third-order valence-electron chi connectivity index (χ3n) is 1.96. The molecule has 0 fully saturated rings. The van der Waals surface area contributed by atoms with Crippen LogP contribution in [0.2, 0.25) is 0 Å². The average molecular weight is 285 g/mol. The quantitative estimate of drug-likeness (QED) is 0.516. The lowest BCUT2D eigenvalue weighted by atomic mass is 10.2. The van der Waals surface area contributed by atoms with Gasteiger partial charge in [0, 0.05) is 6.07 Å². The first-order valence-corrected chi connectivity index (χ1v) is 5.11. The van der Waals surface area contributed by atoms with Crippen LogP contribution in [0, 0.1) is 0 Å². The third-order valence-corrected chi connectivity index (χ3v) is 1.96. The molecule has 9 nitrogen and oxygen atoms in total. The number of aromatic carboxylic acids is 1. The Hall–Kier alpha value is -2.52. The fourth-order valence-corrected chi connectivity index (χ4v) is 0.966. The molecule has 0 amide bonds. The van der Waals surface area contributed by atoms with E-state index in [9.17, 15) is 29.7 Å². The Morgan fingerprint density at radius 3 is 1.80 bits per heavy atom. The summed E-state index contributed by atoms with van der Waals surface area (Å²) in [5.41, 5.74) is 0.199. The molecule has 0 saturated carbocycles. The summed E-state index contributed by atoms with van der Waals surface area (Å²) >= 11 is 0. The van der Waals surface area contributed by atoms with E-state index in [0.717, 1.165) is 0 Å². The van der Waals surface area contributed by atoms with E-state index in [4.69, 9.17) is 10.2 Å². The summed E-state index contributed by atoms with van der Waals surface area (Å²) < 4.78 is 1.66. The van der Waals surface area contributed by atoms with Crippen LogP contribution in [0.3, 0.4) is 0 Å². The van der Waals surface area contributed by atoms with Gasteiger partial charge in [0.25, 0.3) is 0 Å². The molecule has 2 atom stereocenters. The van der Waals surface area contributed by atoms with Gasteiger partial charge < -0.3 is 39.9 Å². The lowest BCUT2D eigenvalue weighted by Crippen LogP contribution is -2.51. The maximum absolute atomic E-state index is 10.2. The van der Waals surface area contributed by atoms with Gasteiger partial charge in [-0.3, -0.25) is 0 Å². The highest BCUT2D eigenvalue weighted by atomic mass is 16.4. The Morgan fingerprint density at radius 1 is 1.10 bits per heavy atom. The van der Waals surface area contributed by atoms with Gasteiger partial charge in [0.05, 0.1) is 23.5 Å². The second-order valence-corrected chi connectivity index (χ2v) is 3.57. The number of aliphatic carboxylic acids is 2. The first-order chi connectivity index (χ1) is 9.16. The smallest absolute Gasteiger partial charge is 0.177 e. The minimum Gasteiger partial charge on any atom is -0.547 e. The number of rotatable bonds is 4. The molecule has 0 bridgehead atoms. The number of carbonyl (C=O) groups is 3. The van der Waals surface area contributed by atoms with Gasteiger partial charge in [0.1, 0.15) is 19.3 Å². The van der Waals surface area contributed by atoms with Crippen molar-refractivity contribution in [2.75, 3.05) is 0 Å². The molecule has 0 aliphatic carbocycles. The molecule has 0 aromatic carbocycles. The topological polar surface area (TPSA) is 165 Å². The molecular weight excluding hydrogens is 274 g/mol. The lowest BCUT2D eigenvalue weighted by Gasteiger charge is -2.18. The largest absolute Gasteiger partial charge is 0.547 e. The van der Waals surface area contributed by atoms with E-state index in [1.54, 1.807) is 23.9 Å². The minimum atomic E-state index is -2.44. The number of aliphatic hydroxyl groups excluding tert-OH is 2. The molecule has 0 saturated heterocycles. The van der Waals surface area contributed by atoms with E-state index >= 15 is 0 Å². The summed E-state index contributed by atoms with van der Waals surface area (Å²) in [5.74, 6) is -5.26. The number of aliphatic hydroxyl groups is 2. The number of aromatic nitrogens is 1. The second-order valence-electron chi connectivity index (χ2n) is 3.57. The lowest BCUT2D eigenvalue weighted by molar-refractivity contribution is -0.671. The van der Waals surface area contributed by atoms with E-state index in [1.165, 1.54) is 12.3 Å². The summed E-state index contributed by atoms with van der Waals surface area (Å²) in [6.07, 6.45) is -1.63. The van der Waals surface area contributed by atoms with Crippen molar-refractivity contribution < 1.29 is 44.5 Å². The van der Waals surface area contributed by atoms with Crippen LogP contribution in [0.4, 0.5) is 0 Å². The van der Waals surface area contributed by atoms with Gasteiger partial charge in [0.15, 0.2) is 12.4 Å². The van der Waals surface area contributed by atoms with Gasteiger partial charge >= 0.3 is 0 Å². The highest BCUT2D eigenvalue weighted by Crippen LogP contribution is 1.90. The van der Waals surface area contributed by atoms with Crippen LogP contribution in [-0.2, 0) is 16.6 Å². The second kappa shape index (κ2) is 7.81. The van der Waals surface area contributed by atoms with Crippen molar-refractivity contribution >= 4 is 17.9 Å². The van der Waals surface area contributed by atoms with E-state index < -0.39 is 30.1 Å². The summed E-state index contributed by atoms with van der Waals surface area (Å²) in [7, 11) is 1.76. The number of aryl methyl sites for hydroxylation is 1. The predicted molar refractivity (Wildman–Crippen MR) is 54.0 cm³/mol. The normalized spacial score (nSPS) is 12.6. The Balaban J connectivity index is 0.000000361.